The summed E-state index contributed by atoms with van der Waals surface area (Å²) in [5.74, 6) is 5.63. The van der Waals surface area contributed by atoms with E-state index in [1.165, 1.54) is 24.0 Å². The van der Waals surface area contributed by atoms with Crippen LogP contribution in [0.3, 0.4) is 0 Å². The Morgan fingerprint density at radius 2 is 2.14 bits per heavy atom. The van der Waals surface area contributed by atoms with Crippen LogP contribution in [0, 0.1) is 12.3 Å². The molecule has 0 aliphatic heterocycles. The van der Waals surface area contributed by atoms with Gasteiger partial charge in [-0.3, -0.25) is 11.3 Å². The average molecular weight is 190 g/mol. The number of nitrogens with two attached hydrogens (primary N) is 1. The van der Waals surface area contributed by atoms with Crippen LogP contribution in [0.1, 0.15) is 36.9 Å². The molecule has 76 valence electrons. The lowest BCUT2D eigenvalue weighted by molar-refractivity contribution is 0.372. The third-order valence-electron chi connectivity index (χ3n) is 3.28. The van der Waals surface area contributed by atoms with Gasteiger partial charge in [-0.15, -0.1) is 0 Å². The molecule has 2 heteroatoms. The van der Waals surface area contributed by atoms with Crippen molar-refractivity contribution in [3.63, 3.8) is 0 Å². The Kier molecular flexibility index (Phi) is 2.33. The van der Waals surface area contributed by atoms with Crippen LogP contribution in [0.2, 0.25) is 0 Å². The first-order valence-electron chi connectivity index (χ1n) is 5.18. The topological polar surface area (TPSA) is 38.0 Å². The average Bonchev–Trinajstić information content (AvgIpc) is 2.85. The Hall–Kier alpha value is -0.860. The maximum absolute atomic E-state index is 5.63. The molecule has 0 spiro atoms. The van der Waals surface area contributed by atoms with E-state index in [4.69, 9.17) is 5.84 Å². The van der Waals surface area contributed by atoms with Gasteiger partial charge in [-0.1, -0.05) is 36.8 Å². The molecule has 0 radical (unpaired) electrons. The van der Waals surface area contributed by atoms with E-state index in [2.05, 4.69) is 43.5 Å². The second-order valence-corrected chi connectivity index (χ2v) is 4.67. The van der Waals surface area contributed by atoms with Gasteiger partial charge in [-0.05, 0) is 30.7 Å². The van der Waals surface area contributed by atoms with E-state index in [0.717, 1.165) is 0 Å². The highest BCUT2D eigenvalue weighted by molar-refractivity contribution is 5.27. The van der Waals surface area contributed by atoms with E-state index in [1.54, 1.807) is 0 Å². The Morgan fingerprint density at radius 3 is 2.64 bits per heavy atom. The summed E-state index contributed by atoms with van der Waals surface area (Å²) < 4.78 is 0. The van der Waals surface area contributed by atoms with Gasteiger partial charge < -0.3 is 0 Å². The molecule has 2 nitrogen and oxygen atoms in total. The Labute approximate surface area is 85.5 Å². The summed E-state index contributed by atoms with van der Waals surface area (Å²) in [5, 5.41) is 0. The molecule has 0 amide bonds. The minimum Gasteiger partial charge on any atom is -0.271 e. The highest BCUT2D eigenvalue weighted by atomic mass is 15.2. The zero-order valence-electron chi connectivity index (χ0n) is 8.88. The highest BCUT2D eigenvalue weighted by Gasteiger charge is 2.45. The van der Waals surface area contributed by atoms with Gasteiger partial charge in [0.15, 0.2) is 0 Å². The van der Waals surface area contributed by atoms with Crippen molar-refractivity contribution in [3.05, 3.63) is 35.4 Å². The molecule has 1 aromatic carbocycles. The number of hydrazine groups is 1. The zero-order valence-corrected chi connectivity index (χ0v) is 8.88. The van der Waals surface area contributed by atoms with E-state index in [9.17, 15) is 0 Å². The zero-order chi connectivity index (χ0) is 10.2. The van der Waals surface area contributed by atoms with Gasteiger partial charge in [0, 0.05) is 0 Å². The third kappa shape index (κ3) is 1.68. The Morgan fingerprint density at radius 1 is 1.43 bits per heavy atom. The van der Waals surface area contributed by atoms with Gasteiger partial charge >= 0.3 is 0 Å². The van der Waals surface area contributed by atoms with Gasteiger partial charge in [-0.25, -0.2) is 0 Å². The quantitative estimate of drug-likeness (QED) is 0.567. The highest BCUT2D eigenvalue weighted by Crippen LogP contribution is 2.54. The summed E-state index contributed by atoms with van der Waals surface area (Å²) in [6.45, 7) is 4.41. The van der Waals surface area contributed by atoms with Crippen molar-refractivity contribution < 1.29 is 0 Å². The molecule has 1 fully saturated rings. The van der Waals surface area contributed by atoms with Crippen molar-refractivity contribution in [2.24, 2.45) is 11.3 Å². The van der Waals surface area contributed by atoms with Crippen molar-refractivity contribution in [2.75, 3.05) is 0 Å². The van der Waals surface area contributed by atoms with Gasteiger partial charge in [0.2, 0.25) is 0 Å². The summed E-state index contributed by atoms with van der Waals surface area (Å²) in [7, 11) is 0. The molecule has 2 rings (SSSR count). The second-order valence-electron chi connectivity index (χ2n) is 4.67. The molecule has 1 aliphatic rings. The molecule has 1 aromatic rings. The van der Waals surface area contributed by atoms with Crippen molar-refractivity contribution >= 4 is 0 Å². The molecule has 0 saturated heterocycles. The summed E-state index contributed by atoms with van der Waals surface area (Å²) in [6.07, 6.45) is 2.55. The first-order valence-corrected chi connectivity index (χ1v) is 5.18. The van der Waals surface area contributed by atoms with Crippen LogP contribution in [0.4, 0.5) is 0 Å². The van der Waals surface area contributed by atoms with Crippen LogP contribution in [0.5, 0.6) is 0 Å². The lowest BCUT2D eigenvalue weighted by Crippen LogP contribution is -2.33. The molecule has 1 unspecified atom stereocenters. The molecule has 1 aliphatic carbocycles. The van der Waals surface area contributed by atoms with Crippen LogP contribution in [-0.2, 0) is 0 Å². The lowest BCUT2D eigenvalue weighted by Gasteiger charge is -2.23. The number of hydrogen-bond acceptors (Lipinski definition) is 2. The van der Waals surface area contributed by atoms with Crippen molar-refractivity contribution in [3.8, 4) is 0 Å². The largest absolute Gasteiger partial charge is 0.271 e. The minimum atomic E-state index is 0.308. The number of rotatable bonds is 3. The smallest absolute Gasteiger partial charge is 0.0513 e. The fourth-order valence-electron chi connectivity index (χ4n) is 2.04. The van der Waals surface area contributed by atoms with Crippen molar-refractivity contribution in [2.45, 2.75) is 32.7 Å². The van der Waals surface area contributed by atoms with Crippen LogP contribution in [0.25, 0.3) is 0 Å². The van der Waals surface area contributed by atoms with Crippen molar-refractivity contribution in [1.82, 2.24) is 5.43 Å². The maximum atomic E-state index is 5.63. The number of nitrogens with one attached hydrogen (secondary N) is 1. The van der Waals surface area contributed by atoms with Gasteiger partial charge in [-0.2, -0.15) is 0 Å². The molecule has 0 bridgehead atoms. The molecule has 3 N–H and O–H groups in total. The first kappa shape index (κ1) is 9.69. The van der Waals surface area contributed by atoms with E-state index < -0.39 is 0 Å². The fraction of sp³-hybridized carbons (Fsp3) is 0.500. The summed E-state index contributed by atoms with van der Waals surface area (Å²) in [6, 6.07) is 8.89. The lowest BCUT2D eigenvalue weighted by atomic mass is 9.91. The second kappa shape index (κ2) is 3.37. The molecule has 14 heavy (non-hydrogen) atoms. The Bertz CT molecular complexity index is 329. The molecule has 1 atom stereocenters. The summed E-state index contributed by atoms with van der Waals surface area (Å²) in [4.78, 5) is 0. The first-order chi connectivity index (χ1) is 6.65. The monoisotopic (exact) mass is 190 g/mol. The predicted octanol–water partition coefficient (Wildman–Crippen LogP) is 2.30. The number of benzene rings is 1. The van der Waals surface area contributed by atoms with E-state index in [0.29, 0.717) is 11.5 Å². The molecule has 0 heterocycles. The summed E-state index contributed by atoms with van der Waals surface area (Å²) in [5.41, 5.74) is 5.94. The van der Waals surface area contributed by atoms with E-state index >= 15 is 0 Å². The molecule has 0 aromatic heterocycles. The van der Waals surface area contributed by atoms with Crippen LogP contribution in [-0.4, -0.2) is 0 Å². The van der Waals surface area contributed by atoms with E-state index in [1.807, 2.05) is 0 Å². The third-order valence-corrected chi connectivity index (χ3v) is 3.28. The van der Waals surface area contributed by atoms with Crippen LogP contribution < -0.4 is 11.3 Å². The van der Waals surface area contributed by atoms with Gasteiger partial charge in [0.05, 0.1) is 6.04 Å². The summed E-state index contributed by atoms with van der Waals surface area (Å²) >= 11 is 0. The van der Waals surface area contributed by atoms with Crippen LogP contribution in [0.15, 0.2) is 24.3 Å². The molecule has 1 saturated carbocycles. The van der Waals surface area contributed by atoms with Crippen molar-refractivity contribution in [1.29, 1.82) is 0 Å². The number of aryl methyl sites for hydroxylation is 1. The van der Waals surface area contributed by atoms with Gasteiger partial charge in [0.1, 0.15) is 0 Å². The maximum Gasteiger partial charge on any atom is 0.0513 e. The normalized spacial score (nSPS) is 20.5. The SMILES string of the molecule is Cc1cccc(C(NN)C2(C)CC2)c1. The molecular weight excluding hydrogens is 172 g/mol. The van der Waals surface area contributed by atoms with E-state index in [-0.39, 0.29) is 0 Å². The number of hydrogen-bond donors (Lipinski definition) is 2. The van der Waals surface area contributed by atoms with Crippen LogP contribution >= 0.6 is 0 Å². The standard InChI is InChI=1S/C12H18N2/c1-9-4-3-5-10(8-9)11(14-13)12(2)6-7-12/h3-5,8,11,14H,6-7,13H2,1-2H3. The predicted molar refractivity (Wildman–Crippen MR) is 58.6 cm³/mol. The Balaban J connectivity index is 2.27. The molecular formula is C12H18N2. The van der Waals surface area contributed by atoms with Gasteiger partial charge in [0.25, 0.3) is 0 Å². The minimum absolute atomic E-state index is 0.308. The fourth-order valence-corrected chi connectivity index (χ4v) is 2.04.